The Morgan fingerprint density at radius 3 is 2.83 bits per heavy atom. The fraction of sp³-hybridized carbons (Fsp3) is 0.462. The SMILES string of the molecule is CC(=O)N1CC(CCBr)c2cc3c(cc21)OCO3. The molecular formula is C13H14BrNO3. The maximum Gasteiger partial charge on any atom is 0.231 e. The van der Waals surface area contributed by atoms with E-state index < -0.39 is 0 Å². The Balaban J connectivity index is 2.05. The Labute approximate surface area is 114 Å². The second-order valence-corrected chi connectivity index (χ2v) is 5.36. The number of carbonyl (C=O) groups is 1. The molecular weight excluding hydrogens is 298 g/mol. The molecule has 0 spiro atoms. The van der Waals surface area contributed by atoms with Gasteiger partial charge in [-0.15, -0.1) is 0 Å². The zero-order valence-electron chi connectivity index (χ0n) is 10.1. The number of nitrogens with zero attached hydrogens (tertiary/aromatic N) is 1. The molecule has 2 aliphatic heterocycles. The van der Waals surface area contributed by atoms with Gasteiger partial charge in [0.1, 0.15) is 0 Å². The predicted molar refractivity (Wildman–Crippen MR) is 71.7 cm³/mol. The van der Waals surface area contributed by atoms with Crippen LogP contribution in [-0.2, 0) is 4.79 Å². The number of alkyl halides is 1. The molecule has 18 heavy (non-hydrogen) atoms. The van der Waals surface area contributed by atoms with E-state index in [0.717, 1.165) is 35.5 Å². The molecule has 0 saturated carbocycles. The molecule has 5 heteroatoms. The highest BCUT2D eigenvalue weighted by Crippen LogP contribution is 2.46. The number of fused-ring (bicyclic) bond motifs is 2. The van der Waals surface area contributed by atoms with Crippen LogP contribution in [0.15, 0.2) is 12.1 Å². The van der Waals surface area contributed by atoms with Gasteiger partial charge in [-0.3, -0.25) is 4.79 Å². The van der Waals surface area contributed by atoms with E-state index in [0.29, 0.717) is 5.92 Å². The lowest BCUT2D eigenvalue weighted by Crippen LogP contribution is -2.27. The van der Waals surface area contributed by atoms with E-state index in [4.69, 9.17) is 9.47 Å². The molecule has 1 unspecified atom stereocenters. The summed E-state index contributed by atoms with van der Waals surface area (Å²) in [4.78, 5) is 13.5. The van der Waals surface area contributed by atoms with E-state index in [2.05, 4.69) is 15.9 Å². The van der Waals surface area contributed by atoms with Crippen LogP contribution in [0.1, 0.15) is 24.8 Å². The van der Waals surface area contributed by atoms with E-state index in [9.17, 15) is 4.79 Å². The standard InChI is InChI=1S/C13H14BrNO3/c1-8(16)15-6-9(2-3-14)10-4-12-13(5-11(10)15)18-7-17-12/h4-5,9H,2-3,6-7H2,1H3. The van der Waals surface area contributed by atoms with Gasteiger partial charge < -0.3 is 14.4 Å². The molecule has 1 aromatic carbocycles. The van der Waals surface area contributed by atoms with Gasteiger partial charge in [-0.25, -0.2) is 0 Å². The van der Waals surface area contributed by atoms with Crippen molar-refractivity contribution >= 4 is 27.5 Å². The highest BCUT2D eigenvalue weighted by Gasteiger charge is 2.33. The van der Waals surface area contributed by atoms with Crippen molar-refractivity contribution in [2.75, 3.05) is 23.6 Å². The van der Waals surface area contributed by atoms with Crippen LogP contribution >= 0.6 is 15.9 Å². The smallest absolute Gasteiger partial charge is 0.231 e. The number of anilines is 1. The highest BCUT2D eigenvalue weighted by atomic mass is 79.9. The summed E-state index contributed by atoms with van der Waals surface area (Å²) >= 11 is 3.47. The fourth-order valence-corrected chi connectivity index (χ4v) is 3.15. The Hall–Kier alpha value is -1.23. The average molecular weight is 312 g/mol. The van der Waals surface area contributed by atoms with Crippen LogP contribution in [0.3, 0.4) is 0 Å². The zero-order valence-corrected chi connectivity index (χ0v) is 11.7. The Morgan fingerprint density at radius 1 is 1.44 bits per heavy atom. The number of amides is 1. The number of hydrogen-bond acceptors (Lipinski definition) is 3. The number of ether oxygens (including phenoxy) is 2. The summed E-state index contributed by atoms with van der Waals surface area (Å²) in [5, 5.41) is 0.928. The lowest BCUT2D eigenvalue weighted by molar-refractivity contribution is -0.116. The number of hydrogen-bond donors (Lipinski definition) is 0. The minimum absolute atomic E-state index is 0.0761. The fourth-order valence-electron chi connectivity index (χ4n) is 2.60. The normalized spacial score (nSPS) is 20.1. The molecule has 0 N–H and O–H groups in total. The minimum atomic E-state index is 0.0761. The number of rotatable bonds is 2. The van der Waals surface area contributed by atoms with Gasteiger partial charge in [0, 0.05) is 30.8 Å². The molecule has 0 bridgehead atoms. The first-order valence-corrected chi connectivity index (χ1v) is 7.10. The van der Waals surface area contributed by atoms with Gasteiger partial charge in [0.15, 0.2) is 11.5 Å². The van der Waals surface area contributed by atoms with Crippen LogP contribution in [0.25, 0.3) is 0 Å². The molecule has 1 amide bonds. The Kier molecular flexibility index (Phi) is 2.93. The van der Waals surface area contributed by atoms with Crippen molar-refractivity contribution in [1.82, 2.24) is 0 Å². The van der Waals surface area contributed by atoms with Crippen molar-refractivity contribution < 1.29 is 14.3 Å². The van der Waals surface area contributed by atoms with Gasteiger partial charge in [-0.1, -0.05) is 15.9 Å². The van der Waals surface area contributed by atoms with Gasteiger partial charge in [-0.2, -0.15) is 0 Å². The van der Waals surface area contributed by atoms with Gasteiger partial charge >= 0.3 is 0 Å². The van der Waals surface area contributed by atoms with Crippen molar-refractivity contribution in [3.63, 3.8) is 0 Å². The van der Waals surface area contributed by atoms with Crippen molar-refractivity contribution in [2.24, 2.45) is 0 Å². The van der Waals surface area contributed by atoms with Crippen LogP contribution in [0.5, 0.6) is 11.5 Å². The van der Waals surface area contributed by atoms with Crippen LogP contribution in [0.4, 0.5) is 5.69 Å². The van der Waals surface area contributed by atoms with Gasteiger partial charge in [0.2, 0.25) is 12.7 Å². The summed E-state index contributed by atoms with van der Waals surface area (Å²) in [5.41, 5.74) is 2.16. The van der Waals surface area contributed by atoms with Gasteiger partial charge in [0.25, 0.3) is 0 Å². The first-order chi connectivity index (χ1) is 8.70. The lowest BCUT2D eigenvalue weighted by Gasteiger charge is -2.15. The summed E-state index contributed by atoms with van der Waals surface area (Å²) in [5.74, 6) is 1.98. The molecule has 0 aliphatic carbocycles. The molecule has 1 aromatic rings. The quantitative estimate of drug-likeness (QED) is 0.788. The molecule has 0 saturated heterocycles. The lowest BCUT2D eigenvalue weighted by atomic mass is 9.98. The monoisotopic (exact) mass is 311 g/mol. The molecule has 3 rings (SSSR count). The van der Waals surface area contributed by atoms with Crippen LogP contribution in [0, 0.1) is 0 Å². The first kappa shape index (κ1) is 11.8. The number of halogens is 1. The van der Waals surface area contributed by atoms with Crippen LogP contribution in [0.2, 0.25) is 0 Å². The number of carbonyl (C=O) groups excluding carboxylic acids is 1. The second kappa shape index (κ2) is 4.46. The third-order valence-electron chi connectivity index (χ3n) is 3.49. The van der Waals surface area contributed by atoms with E-state index in [1.807, 2.05) is 17.0 Å². The maximum atomic E-state index is 11.7. The van der Waals surface area contributed by atoms with Gasteiger partial charge in [0.05, 0.1) is 5.69 Å². The first-order valence-electron chi connectivity index (χ1n) is 5.98. The predicted octanol–water partition coefficient (Wildman–Crippen LogP) is 2.65. The third-order valence-corrected chi connectivity index (χ3v) is 3.95. The number of benzene rings is 1. The molecule has 4 nitrogen and oxygen atoms in total. The molecule has 96 valence electrons. The van der Waals surface area contributed by atoms with Crippen molar-refractivity contribution in [3.8, 4) is 11.5 Å². The van der Waals surface area contributed by atoms with Crippen molar-refractivity contribution in [3.05, 3.63) is 17.7 Å². The largest absolute Gasteiger partial charge is 0.454 e. The van der Waals surface area contributed by atoms with Gasteiger partial charge in [-0.05, 0) is 18.1 Å². The van der Waals surface area contributed by atoms with Crippen molar-refractivity contribution in [2.45, 2.75) is 19.3 Å². The second-order valence-electron chi connectivity index (χ2n) is 4.57. The highest BCUT2D eigenvalue weighted by molar-refractivity contribution is 9.09. The molecule has 2 heterocycles. The zero-order chi connectivity index (χ0) is 12.7. The maximum absolute atomic E-state index is 11.7. The minimum Gasteiger partial charge on any atom is -0.454 e. The van der Waals surface area contributed by atoms with E-state index >= 15 is 0 Å². The van der Waals surface area contributed by atoms with Crippen LogP contribution in [-0.4, -0.2) is 24.6 Å². The van der Waals surface area contributed by atoms with Crippen LogP contribution < -0.4 is 14.4 Å². The average Bonchev–Trinajstić information content (AvgIpc) is 2.91. The Bertz CT molecular complexity index is 503. The summed E-state index contributed by atoms with van der Waals surface area (Å²) < 4.78 is 10.8. The third kappa shape index (κ3) is 1.77. The molecule has 1 atom stereocenters. The van der Waals surface area contributed by atoms with E-state index in [1.54, 1.807) is 6.92 Å². The van der Waals surface area contributed by atoms with Crippen molar-refractivity contribution in [1.29, 1.82) is 0 Å². The molecule has 0 aromatic heterocycles. The summed E-state index contributed by atoms with van der Waals surface area (Å²) in [7, 11) is 0. The Morgan fingerprint density at radius 2 is 2.17 bits per heavy atom. The molecule has 0 radical (unpaired) electrons. The molecule has 2 aliphatic rings. The van der Waals surface area contributed by atoms with E-state index in [-0.39, 0.29) is 12.7 Å². The van der Waals surface area contributed by atoms with E-state index in [1.165, 1.54) is 5.56 Å². The molecule has 0 fully saturated rings. The summed E-state index contributed by atoms with van der Waals surface area (Å²) in [6, 6.07) is 3.95. The summed E-state index contributed by atoms with van der Waals surface area (Å²) in [6.07, 6.45) is 1.01. The topological polar surface area (TPSA) is 38.8 Å². The summed E-state index contributed by atoms with van der Waals surface area (Å²) in [6.45, 7) is 2.62.